The van der Waals surface area contributed by atoms with Crippen LogP contribution in [0.15, 0.2) is 11.4 Å². The van der Waals surface area contributed by atoms with Crippen molar-refractivity contribution in [2.24, 2.45) is 0 Å². The maximum Gasteiger partial charge on any atom is 0.410 e. The lowest BCUT2D eigenvalue weighted by Crippen LogP contribution is -2.45. The van der Waals surface area contributed by atoms with Crippen molar-refractivity contribution in [3.05, 3.63) is 17.2 Å². The Kier molecular flexibility index (Phi) is 6.10. The molecule has 0 N–H and O–H groups in total. The zero-order chi connectivity index (χ0) is 21.5. The number of ether oxygens (including phenoxy) is 1. The number of likely N-dealkylation sites (tertiary alicyclic amines) is 1. The normalized spacial score (nSPS) is 19.7. The monoisotopic (exact) mass is 441 g/mol. The molecule has 0 unspecified atom stereocenters. The van der Waals surface area contributed by atoms with Gasteiger partial charge in [-0.3, -0.25) is 0 Å². The maximum absolute atomic E-state index is 14.6. The Morgan fingerprint density at radius 3 is 2.72 bits per heavy atom. The van der Waals surface area contributed by atoms with Crippen LogP contribution in [0.2, 0.25) is 5.15 Å². The summed E-state index contributed by atoms with van der Waals surface area (Å²) in [6, 6.07) is -0.128. The lowest BCUT2D eigenvalue weighted by atomic mass is 10.1. The van der Waals surface area contributed by atoms with Gasteiger partial charge >= 0.3 is 6.09 Å². The Morgan fingerprint density at radius 1 is 1.41 bits per heavy atom. The van der Waals surface area contributed by atoms with Crippen molar-refractivity contribution in [1.29, 1.82) is 0 Å². The van der Waals surface area contributed by atoms with Crippen LogP contribution in [0.3, 0.4) is 0 Å². The second-order valence-corrected chi connectivity index (χ2v) is 9.17. The van der Waals surface area contributed by atoms with Gasteiger partial charge in [-0.2, -0.15) is 0 Å². The molecule has 1 aliphatic rings. The Balaban J connectivity index is 1.95. The van der Waals surface area contributed by atoms with E-state index in [0.29, 0.717) is 22.9 Å². The highest BCUT2D eigenvalue weighted by molar-refractivity contribution is 7.98. The summed E-state index contributed by atoms with van der Waals surface area (Å²) in [4.78, 5) is 29.0. The molecule has 7 nitrogen and oxygen atoms in total. The van der Waals surface area contributed by atoms with E-state index in [1.54, 1.807) is 4.90 Å². The van der Waals surface area contributed by atoms with Gasteiger partial charge in [0.25, 0.3) is 0 Å². The number of pyridine rings is 1. The first-order valence-corrected chi connectivity index (χ1v) is 10.9. The topological polar surface area (TPSA) is 71.5 Å². The molecule has 0 saturated carbocycles. The van der Waals surface area contributed by atoms with E-state index in [0.717, 1.165) is 6.42 Å². The number of thioether (sulfide) groups is 1. The number of aromatic nitrogens is 3. The fourth-order valence-electron chi connectivity index (χ4n) is 3.54. The van der Waals surface area contributed by atoms with Gasteiger partial charge in [0, 0.05) is 19.8 Å². The zero-order valence-electron chi connectivity index (χ0n) is 17.4. The fourth-order valence-corrected chi connectivity index (χ4v) is 4.03. The van der Waals surface area contributed by atoms with E-state index in [-0.39, 0.29) is 28.8 Å². The van der Waals surface area contributed by atoms with E-state index >= 15 is 0 Å². The lowest BCUT2D eigenvalue weighted by Gasteiger charge is -2.33. The molecular weight excluding hydrogens is 417 g/mol. The minimum atomic E-state index is -0.661. The highest BCUT2D eigenvalue weighted by Crippen LogP contribution is 2.33. The summed E-state index contributed by atoms with van der Waals surface area (Å²) in [5, 5.41) is 0.701. The first-order chi connectivity index (χ1) is 13.5. The third-order valence-electron chi connectivity index (χ3n) is 4.96. The van der Waals surface area contributed by atoms with Crippen molar-refractivity contribution in [1.82, 2.24) is 19.9 Å². The Bertz CT molecular complexity index is 939. The number of carbonyl (C=O) groups excluding carboxylic acids is 1. The Morgan fingerprint density at radius 2 is 2.10 bits per heavy atom. The molecule has 1 saturated heterocycles. The standard InChI is InChI=1S/C19H25ClFN5O2S/c1-10-12(7-8-26(10)18(27)28-19(2,3)4)25(5)16-11-9-22-15(20)13(21)14(11)23-17(24-16)29-6/h9-10,12H,7-8H2,1-6H3/t10-,12-/m1/s1. The molecule has 2 aromatic rings. The van der Waals surface area contributed by atoms with E-state index in [4.69, 9.17) is 16.3 Å². The minimum absolute atomic E-state index is 0.0194. The summed E-state index contributed by atoms with van der Waals surface area (Å²) in [5.41, 5.74) is -0.417. The molecule has 0 aromatic carbocycles. The van der Waals surface area contributed by atoms with Crippen molar-refractivity contribution in [2.45, 2.75) is 57.0 Å². The van der Waals surface area contributed by atoms with Crippen LogP contribution in [0, 0.1) is 5.82 Å². The number of rotatable bonds is 3. The van der Waals surface area contributed by atoms with E-state index < -0.39 is 11.4 Å². The highest BCUT2D eigenvalue weighted by atomic mass is 35.5. The molecule has 10 heteroatoms. The third-order valence-corrected chi connectivity index (χ3v) is 5.77. The van der Waals surface area contributed by atoms with Gasteiger partial charge in [-0.15, -0.1) is 0 Å². The molecule has 158 valence electrons. The van der Waals surface area contributed by atoms with Crippen molar-refractivity contribution in [2.75, 3.05) is 24.7 Å². The van der Waals surface area contributed by atoms with Crippen molar-refractivity contribution >= 4 is 46.2 Å². The summed E-state index contributed by atoms with van der Waals surface area (Å²) in [7, 11) is 1.89. The van der Waals surface area contributed by atoms with Crippen LogP contribution in [-0.2, 0) is 4.74 Å². The summed E-state index contributed by atoms with van der Waals surface area (Å²) >= 11 is 7.17. The second-order valence-electron chi connectivity index (χ2n) is 8.04. The van der Waals surface area contributed by atoms with Crippen LogP contribution >= 0.6 is 23.4 Å². The molecule has 3 rings (SSSR count). The average Bonchev–Trinajstić information content (AvgIpc) is 3.03. The van der Waals surface area contributed by atoms with Crippen molar-refractivity contribution < 1.29 is 13.9 Å². The number of carbonyl (C=O) groups is 1. The van der Waals surface area contributed by atoms with Crippen LogP contribution in [0.1, 0.15) is 34.1 Å². The Hall–Kier alpha value is -1.87. The fraction of sp³-hybridized carbons (Fsp3) is 0.579. The average molecular weight is 442 g/mol. The number of fused-ring (bicyclic) bond motifs is 1. The molecule has 1 fully saturated rings. The van der Waals surface area contributed by atoms with Crippen LogP contribution in [0.25, 0.3) is 10.9 Å². The molecule has 2 aromatic heterocycles. The molecule has 1 amide bonds. The number of anilines is 1. The number of nitrogens with zero attached hydrogens (tertiary/aromatic N) is 5. The first kappa shape index (κ1) is 21.8. The van der Waals surface area contributed by atoms with Gasteiger partial charge in [0.1, 0.15) is 16.9 Å². The highest BCUT2D eigenvalue weighted by Gasteiger charge is 2.39. The zero-order valence-corrected chi connectivity index (χ0v) is 18.9. The molecule has 0 spiro atoms. The van der Waals surface area contributed by atoms with E-state index in [1.807, 2.05) is 45.9 Å². The predicted molar refractivity (Wildman–Crippen MR) is 113 cm³/mol. The summed E-state index contributed by atoms with van der Waals surface area (Å²) in [6.45, 7) is 8.09. The Labute approximate surface area is 179 Å². The van der Waals surface area contributed by atoms with Gasteiger partial charge < -0.3 is 14.5 Å². The van der Waals surface area contributed by atoms with Gasteiger partial charge in [-0.25, -0.2) is 24.1 Å². The van der Waals surface area contributed by atoms with Crippen LogP contribution < -0.4 is 4.90 Å². The smallest absolute Gasteiger partial charge is 0.410 e. The minimum Gasteiger partial charge on any atom is -0.444 e. The molecular formula is C19H25ClFN5O2S. The number of hydrogen-bond donors (Lipinski definition) is 0. The SMILES string of the molecule is CSc1nc(N(C)[C@@H]2CCN(C(=O)OC(C)(C)C)[C@@H]2C)c2cnc(Cl)c(F)c2n1. The first-order valence-electron chi connectivity index (χ1n) is 9.31. The van der Waals surface area contributed by atoms with Crippen molar-refractivity contribution in [3.63, 3.8) is 0 Å². The molecule has 3 heterocycles. The molecule has 0 aliphatic carbocycles. The van der Waals surface area contributed by atoms with Gasteiger partial charge in [0.15, 0.2) is 16.1 Å². The summed E-state index contributed by atoms with van der Waals surface area (Å²) < 4.78 is 20.1. The largest absolute Gasteiger partial charge is 0.444 e. The molecule has 0 radical (unpaired) electrons. The summed E-state index contributed by atoms with van der Waals surface area (Å²) in [6.07, 6.45) is 3.72. The molecule has 1 aliphatic heterocycles. The number of hydrogen-bond acceptors (Lipinski definition) is 7. The number of halogens is 2. The third kappa shape index (κ3) is 4.35. The molecule has 2 atom stereocenters. The molecule has 29 heavy (non-hydrogen) atoms. The van der Waals surface area contributed by atoms with Gasteiger partial charge in [-0.05, 0) is 40.4 Å². The van der Waals surface area contributed by atoms with E-state index in [1.165, 1.54) is 18.0 Å². The van der Waals surface area contributed by atoms with Gasteiger partial charge in [0.05, 0.1) is 17.5 Å². The molecule has 0 bridgehead atoms. The van der Waals surface area contributed by atoms with Crippen LogP contribution in [0.5, 0.6) is 0 Å². The van der Waals surface area contributed by atoms with E-state index in [9.17, 15) is 9.18 Å². The second kappa shape index (κ2) is 8.10. The lowest BCUT2D eigenvalue weighted by molar-refractivity contribution is 0.0233. The number of likely N-dealkylation sites (N-methyl/N-ethyl adjacent to an activating group) is 1. The predicted octanol–water partition coefficient (Wildman–Crippen LogP) is 4.37. The van der Waals surface area contributed by atoms with Crippen molar-refractivity contribution in [3.8, 4) is 0 Å². The maximum atomic E-state index is 14.6. The van der Waals surface area contributed by atoms with Crippen LogP contribution in [0.4, 0.5) is 15.0 Å². The van der Waals surface area contributed by atoms with Gasteiger partial charge in [0.2, 0.25) is 0 Å². The van der Waals surface area contributed by atoms with Crippen LogP contribution in [-0.4, -0.2) is 63.5 Å². The summed E-state index contributed by atoms with van der Waals surface area (Å²) in [5.74, 6) is -0.100. The quantitative estimate of drug-likeness (QED) is 0.397. The van der Waals surface area contributed by atoms with Gasteiger partial charge in [-0.1, -0.05) is 23.4 Å². The van der Waals surface area contributed by atoms with E-state index in [2.05, 4.69) is 15.0 Å². The number of amides is 1.